The van der Waals surface area contributed by atoms with E-state index in [0.29, 0.717) is 29.2 Å². The van der Waals surface area contributed by atoms with Gasteiger partial charge in [-0.15, -0.1) is 0 Å². The van der Waals surface area contributed by atoms with Crippen molar-refractivity contribution >= 4 is 18.2 Å². The van der Waals surface area contributed by atoms with Crippen LogP contribution in [0.5, 0.6) is 0 Å². The van der Waals surface area contributed by atoms with E-state index in [1.54, 1.807) is 30.3 Å². The molecule has 1 aromatic carbocycles. The number of primary amides is 1. The minimum Gasteiger partial charge on any atom is -0.455 e. The minimum absolute atomic E-state index is 0.134. The summed E-state index contributed by atoms with van der Waals surface area (Å²) in [5.74, 6) is 0.677. The highest BCUT2D eigenvalue weighted by atomic mass is 16.3. The van der Waals surface area contributed by atoms with Crippen LogP contribution in [0.15, 0.2) is 45.9 Å². The highest BCUT2D eigenvalue weighted by Crippen LogP contribution is 2.25. The van der Waals surface area contributed by atoms with Gasteiger partial charge in [-0.05, 0) is 25.1 Å². The monoisotopic (exact) mass is 329 g/mol. The van der Waals surface area contributed by atoms with E-state index in [0.717, 1.165) is 0 Å². The number of hydrazone groups is 1. The standard InChI is InChI=1S/C16H19N5O3/c1-10(17)8-19-15(22)13-5-3-2-4-12(13)14-7-6-11(24-14)9-20-21-16(18)23/h2-7,9-10H,8,17H2,1H3,(H,19,22)(H3,18,21,23)/b20-9+/t10-/m1/s1. The molecule has 8 heteroatoms. The maximum Gasteiger partial charge on any atom is 0.332 e. The second-order valence-electron chi connectivity index (χ2n) is 5.17. The van der Waals surface area contributed by atoms with Gasteiger partial charge in [0.1, 0.15) is 11.5 Å². The van der Waals surface area contributed by atoms with Crippen LogP contribution in [0.1, 0.15) is 23.0 Å². The Morgan fingerprint density at radius 2 is 2.04 bits per heavy atom. The number of carbonyl (C=O) groups is 2. The molecule has 0 aliphatic carbocycles. The molecule has 0 spiro atoms. The largest absolute Gasteiger partial charge is 0.455 e. The zero-order valence-corrected chi connectivity index (χ0v) is 13.2. The van der Waals surface area contributed by atoms with Crippen molar-refractivity contribution in [2.24, 2.45) is 16.6 Å². The Labute approximate surface area is 138 Å². The van der Waals surface area contributed by atoms with Gasteiger partial charge in [0.2, 0.25) is 0 Å². The highest BCUT2D eigenvalue weighted by Gasteiger charge is 2.15. The summed E-state index contributed by atoms with van der Waals surface area (Å²) in [7, 11) is 0. The molecule has 0 bridgehead atoms. The van der Waals surface area contributed by atoms with Gasteiger partial charge in [-0.3, -0.25) is 4.79 Å². The van der Waals surface area contributed by atoms with Gasteiger partial charge in [-0.1, -0.05) is 18.2 Å². The van der Waals surface area contributed by atoms with Gasteiger partial charge in [0, 0.05) is 18.2 Å². The molecule has 6 N–H and O–H groups in total. The number of nitrogens with one attached hydrogen (secondary N) is 2. The third-order valence-corrected chi connectivity index (χ3v) is 3.02. The van der Waals surface area contributed by atoms with Crippen LogP contribution in [0.2, 0.25) is 0 Å². The summed E-state index contributed by atoms with van der Waals surface area (Å²) < 4.78 is 5.62. The Balaban J connectivity index is 2.20. The van der Waals surface area contributed by atoms with Gasteiger partial charge >= 0.3 is 6.03 Å². The number of benzene rings is 1. The Morgan fingerprint density at radius 1 is 1.29 bits per heavy atom. The molecule has 24 heavy (non-hydrogen) atoms. The molecule has 0 fully saturated rings. The molecule has 0 saturated carbocycles. The fourth-order valence-corrected chi connectivity index (χ4v) is 1.97. The van der Waals surface area contributed by atoms with Gasteiger partial charge < -0.3 is 21.2 Å². The molecule has 1 heterocycles. The molecule has 1 aromatic heterocycles. The molecule has 0 radical (unpaired) electrons. The fourth-order valence-electron chi connectivity index (χ4n) is 1.97. The molecule has 0 unspecified atom stereocenters. The second kappa shape index (κ2) is 7.93. The number of nitrogens with zero attached hydrogens (tertiary/aromatic N) is 1. The number of hydrogen-bond donors (Lipinski definition) is 4. The van der Waals surface area contributed by atoms with E-state index < -0.39 is 6.03 Å². The zero-order chi connectivity index (χ0) is 17.5. The number of rotatable bonds is 6. The summed E-state index contributed by atoms with van der Waals surface area (Å²) >= 11 is 0. The van der Waals surface area contributed by atoms with Crippen molar-refractivity contribution in [3.05, 3.63) is 47.7 Å². The van der Waals surface area contributed by atoms with Crippen LogP contribution in [0, 0.1) is 0 Å². The summed E-state index contributed by atoms with van der Waals surface area (Å²) in [5.41, 5.74) is 13.8. The van der Waals surface area contributed by atoms with Crippen LogP contribution < -0.4 is 22.2 Å². The van der Waals surface area contributed by atoms with E-state index in [9.17, 15) is 9.59 Å². The van der Waals surface area contributed by atoms with E-state index in [4.69, 9.17) is 15.9 Å². The predicted molar refractivity (Wildman–Crippen MR) is 90.4 cm³/mol. The number of furan rings is 1. The number of amides is 3. The molecule has 0 saturated heterocycles. The molecule has 0 aliphatic heterocycles. The summed E-state index contributed by atoms with van der Waals surface area (Å²) in [6.45, 7) is 2.19. The van der Waals surface area contributed by atoms with Crippen molar-refractivity contribution < 1.29 is 14.0 Å². The van der Waals surface area contributed by atoms with Gasteiger partial charge in [0.15, 0.2) is 0 Å². The van der Waals surface area contributed by atoms with Crippen LogP contribution in [-0.4, -0.2) is 30.7 Å². The molecule has 0 aliphatic rings. The third kappa shape index (κ3) is 4.68. The third-order valence-electron chi connectivity index (χ3n) is 3.02. The van der Waals surface area contributed by atoms with Crippen molar-refractivity contribution in [3.63, 3.8) is 0 Å². The number of carbonyl (C=O) groups excluding carboxylic acids is 2. The smallest absolute Gasteiger partial charge is 0.332 e. The number of urea groups is 1. The lowest BCUT2D eigenvalue weighted by atomic mass is 10.0. The zero-order valence-electron chi connectivity index (χ0n) is 13.2. The molecular formula is C16H19N5O3. The van der Waals surface area contributed by atoms with E-state index in [1.165, 1.54) is 6.21 Å². The average Bonchev–Trinajstić information content (AvgIpc) is 3.01. The van der Waals surface area contributed by atoms with Crippen LogP contribution >= 0.6 is 0 Å². The Morgan fingerprint density at radius 3 is 2.75 bits per heavy atom. The molecule has 8 nitrogen and oxygen atoms in total. The van der Waals surface area contributed by atoms with Crippen molar-refractivity contribution in [2.45, 2.75) is 13.0 Å². The van der Waals surface area contributed by atoms with Crippen LogP contribution in [0.25, 0.3) is 11.3 Å². The topological polar surface area (TPSA) is 136 Å². The first kappa shape index (κ1) is 17.2. The SMILES string of the molecule is C[C@@H](N)CNC(=O)c1ccccc1-c1ccc(/C=N/NC(N)=O)o1. The molecule has 2 rings (SSSR count). The first-order chi connectivity index (χ1) is 11.5. The van der Waals surface area contributed by atoms with Crippen molar-refractivity contribution in [1.82, 2.24) is 10.7 Å². The second-order valence-corrected chi connectivity index (χ2v) is 5.17. The maximum atomic E-state index is 12.3. The van der Waals surface area contributed by atoms with Gasteiger partial charge in [0.05, 0.1) is 11.8 Å². The maximum absolute atomic E-state index is 12.3. The van der Waals surface area contributed by atoms with Crippen LogP contribution in [0.3, 0.4) is 0 Å². The van der Waals surface area contributed by atoms with Gasteiger partial charge in [-0.2, -0.15) is 5.10 Å². The quantitative estimate of drug-likeness (QED) is 0.464. The Hall–Kier alpha value is -3.13. The summed E-state index contributed by atoms with van der Waals surface area (Å²) in [5, 5.41) is 6.39. The highest BCUT2D eigenvalue weighted by molar-refractivity contribution is 6.00. The molecule has 1 atom stereocenters. The Bertz CT molecular complexity index is 752. The lowest BCUT2D eigenvalue weighted by Gasteiger charge is -2.10. The average molecular weight is 329 g/mol. The van der Waals surface area contributed by atoms with E-state index in [-0.39, 0.29) is 11.9 Å². The summed E-state index contributed by atoms with van der Waals surface area (Å²) in [6, 6.07) is 9.54. The molecule has 3 amide bonds. The van der Waals surface area contributed by atoms with Crippen LogP contribution in [0.4, 0.5) is 4.79 Å². The van der Waals surface area contributed by atoms with E-state index in [2.05, 4.69) is 15.8 Å². The van der Waals surface area contributed by atoms with Gasteiger partial charge in [-0.25, -0.2) is 10.2 Å². The lowest BCUT2D eigenvalue weighted by molar-refractivity contribution is 0.0952. The predicted octanol–water partition coefficient (Wildman–Crippen LogP) is 1.03. The van der Waals surface area contributed by atoms with E-state index in [1.807, 2.05) is 13.0 Å². The minimum atomic E-state index is -0.769. The fraction of sp³-hybridized carbons (Fsp3) is 0.188. The van der Waals surface area contributed by atoms with Gasteiger partial charge in [0.25, 0.3) is 5.91 Å². The number of nitrogens with two attached hydrogens (primary N) is 2. The van der Waals surface area contributed by atoms with Crippen molar-refractivity contribution in [3.8, 4) is 11.3 Å². The normalized spacial score (nSPS) is 12.1. The molecule has 2 aromatic rings. The van der Waals surface area contributed by atoms with Crippen LogP contribution in [-0.2, 0) is 0 Å². The molecule has 126 valence electrons. The van der Waals surface area contributed by atoms with Crippen molar-refractivity contribution in [2.75, 3.05) is 6.54 Å². The number of hydrogen-bond acceptors (Lipinski definition) is 5. The lowest BCUT2D eigenvalue weighted by Crippen LogP contribution is -2.35. The first-order valence-corrected chi connectivity index (χ1v) is 7.29. The summed E-state index contributed by atoms with van der Waals surface area (Å²) in [4.78, 5) is 22.9. The Kier molecular flexibility index (Phi) is 5.69. The first-order valence-electron chi connectivity index (χ1n) is 7.29. The van der Waals surface area contributed by atoms with E-state index >= 15 is 0 Å². The summed E-state index contributed by atoms with van der Waals surface area (Å²) in [6.07, 6.45) is 1.31. The van der Waals surface area contributed by atoms with Crippen molar-refractivity contribution in [1.29, 1.82) is 0 Å². The molecular weight excluding hydrogens is 310 g/mol.